The van der Waals surface area contributed by atoms with Gasteiger partial charge in [-0.1, -0.05) is 22.8 Å². The van der Waals surface area contributed by atoms with Gasteiger partial charge in [-0.25, -0.2) is 0 Å². The average Bonchev–Trinajstić information content (AvgIpc) is 2.71. The van der Waals surface area contributed by atoms with Gasteiger partial charge in [-0.2, -0.15) is 0 Å². The Kier molecular flexibility index (Phi) is 2.85. The summed E-state index contributed by atoms with van der Waals surface area (Å²) in [5, 5.41) is 4.16. The fraction of sp³-hybridized carbons (Fsp3) is 0.250. The van der Waals surface area contributed by atoms with Crippen LogP contribution in [0, 0.1) is 0 Å². The van der Waals surface area contributed by atoms with Crippen molar-refractivity contribution in [2.45, 2.75) is 6.10 Å². The molecule has 2 aromatic rings. The molecule has 0 unspecified atom stereocenters. The van der Waals surface area contributed by atoms with Crippen LogP contribution in [-0.4, -0.2) is 24.5 Å². The van der Waals surface area contributed by atoms with Gasteiger partial charge < -0.3 is 19.7 Å². The minimum Gasteiger partial charge on any atom is -0.484 e. The van der Waals surface area contributed by atoms with E-state index < -0.39 is 0 Å². The molecule has 0 atom stereocenters. The Bertz CT molecular complexity index is 566. The van der Waals surface area contributed by atoms with Crippen LogP contribution in [0.15, 0.2) is 28.9 Å². The Labute approximate surface area is 108 Å². The van der Waals surface area contributed by atoms with Crippen molar-refractivity contribution >= 4 is 17.5 Å². The van der Waals surface area contributed by atoms with Crippen molar-refractivity contribution in [1.82, 2.24) is 5.16 Å². The summed E-state index contributed by atoms with van der Waals surface area (Å²) in [4.78, 5) is 0. The Balaban J connectivity index is 1.86. The third-order valence-electron chi connectivity index (χ3n) is 2.74. The first-order valence-electron chi connectivity index (χ1n) is 5.48. The number of hydrogen-bond acceptors (Lipinski definition) is 5. The Morgan fingerprint density at radius 2 is 2.22 bits per heavy atom. The second-order valence-corrected chi connectivity index (χ2v) is 4.43. The summed E-state index contributed by atoms with van der Waals surface area (Å²) in [6.07, 6.45) is 1.65. The Morgan fingerprint density at radius 3 is 2.78 bits per heavy atom. The maximum atomic E-state index is 6.17. The maximum Gasteiger partial charge on any atom is 0.229 e. The Morgan fingerprint density at radius 1 is 1.39 bits per heavy atom. The van der Waals surface area contributed by atoms with Gasteiger partial charge in [-0.05, 0) is 17.7 Å². The summed E-state index contributed by atoms with van der Waals surface area (Å²) >= 11 is 6.17. The molecule has 2 N–H and O–H groups in total. The molecule has 6 heteroatoms. The first-order valence-corrected chi connectivity index (χ1v) is 5.86. The first-order chi connectivity index (χ1) is 8.74. The zero-order valence-corrected chi connectivity index (χ0v) is 10.2. The average molecular weight is 267 g/mol. The predicted molar refractivity (Wildman–Crippen MR) is 66.6 cm³/mol. The molecular weight excluding hydrogens is 256 g/mol. The van der Waals surface area contributed by atoms with E-state index >= 15 is 0 Å². The van der Waals surface area contributed by atoms with Gasteiger partial charge in [0, 0.05) is 0 Å². The molecule has 3 rings (SSSR count). The van der Waals surface area contributed by atoms with Gasteiger partial charge in [0.25, 0.3) is 0 Å². The molecule has 0 amide bonds. The van der Waals surface area contributed by atoms with Crippen LogP contribution in [0.3, 0.4) is 0 Å². The highest BCUT2D eigenvalue weighted by atomic mass is 35.5. The zero-order chi connectivity index (χ0) is 12.5. The normalized spacial score (nSPS) is 15.4. The number of halogens is 1. The third-order valence-corrected chi connectivity index (χ3v) is 3.04. The monoisotopic (exact) mass is 266 g/mol. The van der Waals surface area contributed by atoms with Crippen molar-refractivity contribution in [2.75, 3.05) is 18.9 Å². The molecule has 0 radical (unpaired) electrons. The van der Waals surface area contributed by atoms with E-state index in [1.807, 2.05) is 12.1 Å². The van der Waals surface area contributed by atoms with Crippen LogP contribution in [0.1, 0.15) is 0 Å². The van der Waals surface area contributed by atoms with Gasteiger partial charge in [0.2, 0.25) is 5.88 Å². The molecule has 1 aliphatic rings. The van der Waals surface area contributed by atoms with Gasteiger partial charge in [0.1, 0.15) is 11.9 Å². The molecule has 0 saturated carbocycles. The number of anilines is 1. The molecule has 1 aliphatic heterocycles. The lowest BCUT2D eigenvalue weighted by molar-refractivity contribution is -0.0796. The van der Waals surface area contributed by atoms with Gasteiger partial charge in [0.05, 0.1) is 30.0 Å². The summed E-state index contributed by atoms with van der Waals surface area (Å²) in [6, 6.07) is 5.45. The number of nitrogen functional groups attached to an aromatic ring is 1. The summed E-state index contributed by atoms with van der Waals surface area (Å²) in [5.74, 6) is 0.913. The van der Waals surface area contributed by atoms with E-state index in [2.05, 4.69) is 5.16 Å². The lowest BCUT2D eigenvalue weighted by Crippen LogP contribution is -2.38. The van der Waals surface area contributed by atoms with Crippen LogP contribution in [0.25, 0.3) is 11.1 Å². The lowest BCUT2D eigenvalue weighted by Gasteiger charge is -2.27. The van der Waals surface area contributed by atoms with Crippen molar-refractivity contribution in [2.24, 2.45) is 0 Å². The molecule has 94 valence electrons. The van der Waals surface area contributed by atoms with Crippen molar-refractivity contribution in [3.8, 4) is 16.9 Å². The molecule has 1 fully saturated rings. The van der Waals surface area contributed by atoms with E-state index in [1.54, 1.807) is 12.3 Å². The van der Waals surface area contributed by atoms with Crippen molar-refractivity contribution < 1.29 is 14.0 Å². The van der Waals surface area contributed by atoms with E-state index in [1.165, 1.54) is 0 Å². The number of aromatic nitrogens is 1. The first kappa shape index (κ1) is 11.4. The number of nitrogens with zero attached hydrogens (tertiary/aromatic N) is 1. The van der Waals surface area contributed by atoms with Gasteiger partial charge >= 0.3 is 0 Å². The van der Waals surface area contributed by atoms with Crippen molar-refractivity contribution in [1.29, 1.82) is 0 Å². The fourth-order valence-corrected chi connectivity index (χ4v) is 1.92. The minimum absolute atomic E-state index is 0.0917. The van der Waals surface area contributed by atoms with Crippen LogP contribution >= 0.6 is 11.6 Å². The maximum absolute atomic E-state index is 6.17. The van der Waals surface area contributed by atoms with Crippen molar-refractivity contribution in [3.63, 3.8) is 0 Å². The molecule has 0 aliphatic carbocycles. The van der Waals surface area contributed by atoms with Gasteiger partial charge in [-0.15, -0.1) is 0 Å². The summed E-state index contributed by atoms with van der Waals surface area (Å²) < 4.78 is 15.5. The van der Waals surface area contributed by atoms with Gasteiger partial charge in [-0.3, -0.25) is 0 Å². The highest BCUT2D eigenvalue weighted by Crippen LogP contribution is 2.33. The second-order valence-electron chi connectivity index (χ2n) is 4.03. The molecule has 0 bridgehead atoms. The number of nitrogens with two attached hydrogens (primary N) is 1. The Hall–Kier alpha value is -1.72. The van der Waals surface area contributed by atoms with E-state index in [9.17, 15) is 0 Å². The zero-order valence-electron chi connectivity index (χ0n) is 9.43. The summed E-state index contributed by atoms with van der Waals surface area (Å²) in [6.45, 7) is 1.22. The fourth-order valence-electron chi connectivity index (χ4n) is 1.69. The van der Waals surface area contributed by atoms with E-state index in [0.717, 1.165) is 11.1 Å². The van der Waals surface area contributed by atoms with E-state index in [-0.39, 0.29) is 12.0 Å². The third kappa shape index (κ3) is 2.02. The van der Waals surface area contributed by atoms with Crippen molar-refractivity contribution in [3.05, 3.63) is 29.4 Å². The second kappa shape index (κ2) is 4.51. The molecule has 1 aromatic heterocycles. The lowest BCUT2D eigenvalue weighted by atomic mass is 10.1. The predicted octanol–water partition coefficient (Wildman–Crippen LogP) is 2.35. The van der Waals surface area contributed by atoms with Gasteiger partial charge in [0.15, 0.2) is 0 Å². The highest BCUT2D eigenvalue weighted by Gasteiger charge is 2.21. The molecule has 2 heterocycles. The molecule has 5 nitrogen and oxygen atoms in total. The quantitative estimate of drug-likeness (QED) is 0.923. The molecule has 1 aromatic carbocycles. The van der Waals surface area contributed by atoms with Crippen LogP contribution in [0.4, 0.5) is 5.88 Å². The molecule has 1 saturated heterocycles. The summed E-state index contributed by atoms with van der Waals surface area (Å²) in [5.41, 5.74) is 7.21. The standard InChI is InChI=1S/C12H11ClN2O3/c13-10-3-7(9-4-15-18-12(9)14)1-2-11(10)17-8-5-16-6-8/h1-4,8H,5-6,14H2. The number of benzene rings is 1. The number of hydrogen-bond donors (Lipinski definition) is 1. The molecule has 0 spiro atoms. The number of rotatable bonds is 3. The van der Waals surface area contributed by atoms with E-state index in [0.29, 0.717) is 24.0 Å². The highest BCUT2D eigenvalue weighted by molar-refractivity contribution is 6.32. The SMILES string of the molecule is Nc1oncc1-c1ccc(OC2COC2)c(Cl)c1. The van der Waals surface area contributed by atoms with E-state index in [4.69, 9.17) is 31.3 Å². The number of ether oxygens (including phenoxy) is 2. The molecular formula is C12H11ClN2O3. The smallest absolute Gasteiger partial charge is 0.229 e. The molecule has 18 heavy (non-hydrogen) atoms. The summed E-state index contributed by atoms with van der Waals surface area (Å²) in [7, 11) is 0. The topological polar surface area (TPSA) is 70.5 Å². The largest absolute Gasteiger partial charge is 0.484 e. The minimum atomic E-state index is 0.0917. The van der Waals surface area contributed by atoms with Crippen LogP contribution < -0.4 is 10.5 Å². The van der Waals surface area contributed by atoms with Crippen LogP contribution in [0.2, 0.25) is 5.02 Å². The van der Waals surface area contributed by atoms with Crippen LogP contribution in [-0.2, 0) is 4.74 Å². The van der Waals surface area contributed by atoms with Crippen LogP contribution in [0.5, 0.6) is 5.75 Å².